The van der Waals surface area contributed by atoms with Crippen LogP contribution in [0, 0.1) is 17.8 Å². The maximum Gasteiger partial charge on any atom is 0.149 e. The van der Waals surface area contributed by atoms with Crippen LogP contribution < -0.4 is 5.32 Å². The van der Waals surface area contributed by atoms with Crippen molar-refractivity contribution in [2.75, 3.05) is 13.1 Å². The first-order valence-corrected chi connectivity index (χ1v) is 7.03. The Labute approximate surface area is 99.2 Å². The molecular weight excluding hydrogens is 198 g/mol. The normalized spacial score (nSPS) is 30.3. The number of rotatable bonds is 6. The summed E-state index contributed by atoms with van der Waals surface area (Å²) >= 11 is 0. The van der Waals surface area contributed by atoms with E-state index in [0.717, 1.165) is 31.2 Å². The Morgan fingerprint density at radius 1 is 1.19 bits per heavy atom. The number of carbonyl (C=O) groups excluding carboxylic acids is 1. The van der Waals surface area contributed by atoms with Gasteiger partial charge in [-0.05, 0) is 44.1 Å². The van der Waals surface area contributed by atoms with Gasteiger partial charge in [0.2, 0.25) is 0 Å². The number of hydrogen-bond donors (Lipinski definition) is 1. The lowest BCUT2D eigenvalue weighted by Crippen LogP contribution is -2.32. The zero-order valence-electron chi connectivity index (χ0n) is 10.5. The van der Waals surface area contributed by atoms with E-state index in [1.807, 2.05) is 0 Å². The molecule has 2 saturated carbocycles. The summed E-state index contributed by atoms with van der Waals surface area (Å²) in [6, 6.07) is 0. The first-order valence-electron chi connectivity index (χ1n) is 7.03. The molecule has 1 N–H and O–H groups in total. The minimum Gasteiger partial charge on any atom is -0.310 e. The highest BCUT2D eigenvalue weighted by Gasteiger charge is 2.26. The van der Waals surface area contributed by atoms with Crippen LogP contribution in [0.2, 0.25) is 0 Å². The molecule has 0 spiro atoms. The number of carbonyl (C=O) groups is 1. The molecule has 2 unspecified atom stereocenters. The lowest BCUT2D eigenvalue weighted by molar-refractivity contribution is -0.123. The van der Waals surface area contributed by atoms with Crippen molar-refractivity contribution < 1.29 is 4.79 Å². The van der Waals surface area contributed by atoms with Gasteiger partial charge in [0, 0.05) is 5.92 Å². The fraction of sp³-hybridized carbons (Fsp3) is 0.929. The summed E-state index contributed by atoms with van der Waals surface area (Å²) < 4.78 is 0. The van der Waals surface area contributed by atoms with Crippen LogP contribution in [0.4, 0.5) is 0 Å². The van der Waals surface area contributed by atoms with Crippen molar-refractivity contribution in [2.24, 2.45) is 17.8 Å². The number of hydrogen-bond acceptors (Lipinski definition) is 2. The van der Waals surface area contributed by atoms with E-state index >= 15 is 0 Å². The molecule has 0 heterocycles. The average molecular weight is 223 g/mol. The van der Waals surface area contributed by atoms with Crippen LogP contribution in [-0.2, 0) is 4.79 Å². The van der Waals surface area contributed by atoms with E-state index in [-0.39, 0.29) is 0 Å². The molecule has 0 saturated heterocycles. The van der Waals surface area contributed by atoms with Crippen LogP contribution in [0.25, 0.3) is 0 Å². The molecule has 2 rings (SSSR count). The molecule has 2 heteroatoms. The zero-order valence-corrected chi connectivity index (χ0v) is 10.5. The summed E-state index contributed by atoms with van der Waals surface area (Å²) in [5.74, 6) is 2.53. The van der Waals surface area contributed by atoms with Crippen molar-refractivity contribution in [3.8, 4) is 0 Å². The van der Waals surface area contributed by atoms with Crippen LogP contribution in [0.5, 0.6) is 0 Å². The molecule has 2 aliphatic rings. The maximum atomic E-state index is 12.0. The average Bonchev–Trinajstić information content (AvgIpc) is 3.13. The van der Waals surface area contributed by atoms with Crippen molar-refractivity contribution in [1.82, 2.24) is 5.32 Å². The van der Waals surface area contributed by atoms with Crippen LogP contribution in [0.1, 0.15) is 51.9 Å². The monoisotopic (exact) mass is 223 g/mol. The van der Waals surface area contributed by atoms with Crippen LogP contribution in [0.15, 0.2) is 0 Å². The molecule has 2 nitrogen and oxygen atoms in total. The van der Waals surface area contributed by atoms with E-state index < -0.39 is 0 Å². The Balaban J connectivity index is 1.66. The molecule has 0 bridgehead atoms. The predicted molar refractivity (Wildman–Crippen MR) is 66.3 cm³/mol. The summed E-state index contributed by atoms with van der Waals surface area (Å²) in [5.41, 5.74) is 0. The fourth-order valence-corrected chi connectivity index (χ4v) is 2.82. The second-order valence-corrected chi connectivity index (χ2v) is 5.68. The number of ketones is 1. The Kier molecular flexibility index (Phi) is 4.39. The number of Topliss-reactive ketones (excluding diaryl/α,β-unsaturated/α-hetero) is 1. The van der Waals surface area contributed by atoms with Gasteiger partial charge in [0.25, 0.3) is 0 Å². The van der Waals surface area contributed by atoms with Gasteiger partial charge in [-0.3, -0.25) is 4.79 Å². The highest BCUT2D eigenvalue weighted by molar-refractivity contribution is 5.83. The van der Waals surface area contributed by atoms with Gasteiger partial charge in [-0.15, -0.1) is 0 Å². The van der Waals surface area contributed by atoms with Crippen molar-refractivity contribution in [1.29, 1.82) is 0 Å². The summed E-state index contributed by atoms with van der Waals surface area (Å²) in [6.45, 7) is 3.94. The van der Waals surface area contributed by atoms with Gasteiger partial charge in [-0.25, -0.2) is 0 Å². The molecule has 0 aromatic rings. The van der Waals surface area contributed by atoms with Gasteiger partial charge >= 0.3 is 0 Å². The van der Waals surface area contributed by atoms with E-state index in [0.29, 0.717) is 18.2 Å². The molecular formula is C14H25NO. The van der Waals surface area contributed by atoms with Crippen molar-refractivity contribution in [3.63, 3.8) is 0 Å². The quantitative estimate of drug-likeness (QED) is 0.750. The molecule has 2 aliphatic carbocycles. The lowest BCUT2D eigenvalue weighted by Gasteiger charge is -2.27. The number of nitrogens with one attached hydrogen (secondary N) is 1. The highest BCUT2D eigenvalue weighted by atomic mass is 16.1. The van der Waals surface area contributed by atoms with Crippen LogP contribution in [0.3, 0.4) is 0 Å². The molecule has 0 aromatic heterocycles. The van der Waals surface area contributed by atoms with E-state index in [1.165, 1.54) is 32.1 Å². The topological polar surface area (TPSA) is 29.1 Å². The molecule has 16 heavy (non-hydrogen) atoms. The van der Waals surface area contributed by atoms with Gasteiger partial charge in [-0.2, -0.15) is 0 Å². The van der Waals surface area contributed by atoms with Gasteiger partial charge in [0.05, 0.1) is 6.54 Å². The Hall–Kier alpha value is -0.370. The second kappa shape index (κ2) is 5.81. The maximum absolute atomic E-state index is 12.0. The second-order valence-electron chi connectivity index (χ2n) is 5.68. The molecule has 0 radical (unpaired) electrons. The third-order valence-electron chi connectivity index (χ3n) is 4.24. The fourth-order valence-electron chi connectivity index (χ4n) is 2.82. The lowest BCUT2D eigenvalue weighted by atomic mass is 9.78. The van der Waals surface area contributed by atoms with Crippen molar-refractivity contribution in [3.05, 3.63) is 0 Å². The Morgan fingerprint density at radius 2 is 2.00 bits per heavy atom. The summed E-state index contributed by atoms with van der Waals surface area (Å²) in [4.78, 5) is 12.0. The molecule has 2 fully saturated rings. The largest absolute Gasteiger partial charge is 0.310 e. The van der Waals surface area contributed by atoms with Gasteiger partial charge in [-0.1, -0.05) is 26.2 Å². The third-order valence-corrected chi connectivity index (χ3v) is 4.24. The standard InChI is InChI=1S/C14H25NO/c1-2-11-4-3-5-13(8-11)14(16)10-15-9-12-6-7-12/h11-13,15H,2-10H2,1H3. The highest BCUT2D eigenvalue weighted by Crippen LogP contribution is 2.31. The van der Waals surface area contributed by atoms with E-state index in [9.17, 15) is 4.79 Å². The van der Waals surface area contributed by atoms with Crippen molar-refractivity contribution in [2.45, 2.75) is 51.9 Å². The third kappa shape index (κ3) is 3.58. The summed E-state index contributed by atoms with van der Waals surface area (Å²) in [5, 5.41) is 3.33. The minimum atomic E-state index is 0.366. The molecule has 0 aliphatic heterocycles. The van der Waals surface area contributed by atoms with E-state index in [1.54, 1.807) is 0 Å². The van der Waals surface area contributed by atoms with Crippen LogP contribution in [-0.4, -0.2) is 18.9 Å². The Bertz CT molecular complexity index is 235. The Morgan fingerprint density at radius 3 is 2.69 bits per heavy atom. The van der Waals surface area contributed by atoms with Crippen LogP contribution >= 0.6 is 0 Å². The molecule has 92 valence electrons. The van der Waals surface area contributed by atoms with Gasteiger partial charge in [0.1, 0.15) is 5.78 Å². The van der Waals surface area contributed by atoms with Gasteiger partial charge in [0.15, 0.2) is 0 Å². The predicted octanol–water partition coefficient (Wildman–Crippen LogP) is 2.77. The smallest absolute Gasteiger partial charge is 0.149 e. The van der Waals surface area contributed by atoms with E-state index in [4.69, 9.17) is 0 Å². The zero-order chi connectivity index (χ0) is 11.4. The molecule has 0 amide bonds. The SMILES string of the molecule is CCC1CCCC(C(=O)CNCC2CC2)C1. The minimum absolute atomic E-state index is 0.366. The van der Waals surface area contributed by atoms with E-state index in [2.05, 4.69) is 12.2 Å². The first-order chi connectivity index (χ1) is 7.79. The van der Waals surface area contributed by atoms with Gasteiger partial charge < -0.3 is 5.32 Å². The molecule has 2 atom stereocenters. The molecule has 0 aromatic carbocycles. The summed E-state index contributed by atoms with van der Waals surface area (Å²) in [6.07, 6.45) is 8.87. The van der Waals surface area contributed by atoms with Crippen molar-refractivity contribution >= 4 is 5.78 Å². The summed E-state index contributed by atoms with van der Waals surface area (Å²) in [7, 11) is 0. The first kappa shape index (κ1) is 12.1.